The molecule has 0 radical (unpaired) electrons. The van der Waals surface area contributed by atoms with Crippen molar-refractivity contribution in [3.8, 4) is 0 Å². The van der Waals surface area contributed by atoms with Crippen molar-refractivity contribution in [1.82, 2.24) is 10.3 Å². The van der Waals surface area contributed by atoms with Crippen LogP contribution in [0.25, 0.3) is 10.9 Å². The number of nitrogens with two attached hydrogens (primary N) is 1. The summed E-state index contributed by atoms with van der Waals surface area (Å²) in [5.74, 6) is 2.01. The number of nitrogens with one attached hydrogen (secondary N) is 2. The number of ether oxygens (including phenoxy) is 2. The number of benzene rings is 1. The Balaban J connectivity index is 1.09. The molecule has 9 heteroatoms. The summed E-state index contributed by atoms with van der Waals surface area (Å²) in [6, 6.07) is 8.03. The van der Waals surface area contributed by atoms with Crippen molar-refractivity contribution >= 4 is 40.1 Å². The zero-order valence-corrected chi connectivity index (χ0v) is 30.4. The molecule has 8 nitrogen and oxygen atoms in total. The van der Waals surface area contributed by atoms with E-state index in [1.807, 2.05) is 30.5 Å². The van der Waals surface area contributed by atoms with E-state index in [1.165, 1.54) is 0 Å². The highest BCUT2D eigenvalue weighted by atomic mass is 35.5. The van der Waals surface area contributed by atoms with Gasteiger partial charge >= 0.3 is 11.9 Å². The Labute approximate surface area is 292 Å². The van der Waals surface area contributed by atoms with Gasteiger partial charge in [-0.3, -0.25) is 14.6 Å². The SMILES string of the molecule is CC(=O)O[C@H]1CC2C(C3CC[C@H](C(C)CCCNCCNc4ccnc5cc(Cl)ccc45)[C@]31C)[C@H](OC(C)=O)C[C@@H]1C[C@H](N)CC[C@]21C. The maximum absolute atomic E-state index is 12.6. The number of esters is 2. The molecule has 48 heavy (non-hydrogen) atoms. The normalized spacial score (nSPS) is 36.4. The summed E-state index contributed by atoms with van der Waals surface area (Å²) in [6.07, 6.45) is 10.9. The Kier molecular flexibility index (Phi) is 10.6. The lowest BCUT2D eigenvalue weighted by atomic mass is 9.43. The third-order valence-corrected chi connectivity index (χ3v) is 13.7. The van der Waals surface area contributed by atoms with Gasteiger partial charge in [-0.25, -0.2) is 0 Å². The lowest BCUT2D eigenvalue weighted by molar-refractivity contribution is -0.220. The summed E-state index contributed by atoms with van der Waals surface area (Å²) < 4.78 is 12.5. The van der Waals surface area contributed by atoms with Crippen molar-refractivity contribution in [2.24, 2.45) is 52.1 Å². The number of anilines is 1. The summed E-state index contributed by atoms with van der Waals surface area (Å²) in [4.78, 5) is 29.5. The second kappa shape index (κ2) is 14.4. The summed E-state index contributed by atoms with van der Waals surface area (Å²) in [6.45, 7) is 13.0. The van der Waals surface area contributed by atoms with Crippen LogP contribution in [0.5, 0.6) is 0 Å². The molecule has 1 aromatic heterocycles. The summed E-state index contributed by atoms with van der Waals surface area (Å²) >= 11 is 6.15. The minimum atomic E-state index is -0.184. The van der Waals surface area contributed by atoms with E-state index in [-0.39, 0.29) is 41.0 Å². The summed E-state index contributed by atoms with van der Waals surface area (Å²) in [5.41, 5.74) is 8.44. The van der Waals surface area contributed by atoms with Crippen LogP contribution in [0.1, 0.15) is 92.4 Å². The monoisotopic (exact) mass is 680 g/mol. The zero-order chi connectivity index (χ0) is 34.2. The van der Waals surface area contributed by atoms with Gasteiger partial charge in [-0.2, -0.15) is 0 Å². The zero-order valence-electron chi connectivity index (χ0n) is 29.6. The van der Waals surface area contributed by atoms with E-state index in [2.05, 4.69) is 36.4 Å². The van der Waals surface area contributed by atoms with E-state index >= 15 is 0 Å². The molecule has 6 rings (SSSR count). The van der Waals surface area contributed by atoms with Gasteiger partial charge in [-0.1, -0.05) is 32.4 Å². The van der Waals surface area contributed by atoms with E-state index in [0.717, 1.165) is 94.0 Å². The van der Waals surface area contributed by atoms with Crippen molar-refractivity contribution in [3.63, 3.8) is 0 Å². The lowest BCUT2D eigenvalue weighted by Gasteiger charge is -2.64. The first-order valence-electron chi connectivity index (χ1n) is 18.5. The highest BCUT2D eigenvalue weighted by molar-refractivity contribution is 6.31. The number of rotatable bonds is 11. The number of hydrogen-bond acceptors (Lipinski definition) is 8. The molecular formula is C39H57ClN4O4. The van der Waals surface area contributed by atoms with Crippen molar-refractivity contribution in [3.05, 3.63) is 35.5 Å². The fourth-order valence-electron chi connectivity index (χ4n) is 11.3. The van der Waals surface area contributed by atoms with E-state index in [4.69, 9.17) is 26.8 Å². The second-order valence-electron chi connectivity index (χ2n) is 16.1. The molecule has 4 saturated carbocycles. The highest BCUT2D eigenvalue weighted by Gasteiger charge is 2.67. The molecule has 4 aliphatic rings. The van der Waals surface area contributed by atoms with E-state index in [9.17, 15) is 9.59 Å². The van der Waals surface area contributed by atoms with Gasteiger partial charge in [0.05, 0.1) is 5.52 Å². The molecule has 4 unspecified atom stereocenters. The van der Waals surface area contributed by atoms with Gasteiger partial charge in [0.2, 0.25) is 0 Å². The Morgan fingerprint density at radius 2 is 1.81 bits per heavy atom. The van der Waals surface area contributed by atoms with Gasteiger partial charge in [-0.05, 0) is 124 Å². The molecule has 4 aliphatic carbocycles. The number of aromatic nitrogens is 1. The predicted molar refractivity (Wildman–Crippen MR) is 192 cm³/mol. The topological polar surface area (TPSA) is 116 Å². The lowest BCUT2D eigenvalue weighted by Crippen LogP contribution is -2.63. The molecule has 1 aromatic carbocycles. The van der Waals surface area contributed by atoms with E-state index in [0.29, 0.717) is 40.5 Å². The number of halogens is 1. The first-order valence-corrected chi connectivity index (χ1v) is 18.9. The first kappa shape index (κ1) is 35.4. The smallest absolute Gasteiger partial charge is 0.302 e. The molecule has 264 valence electrons. The highest BCUT2D eigenvalue weighted by Crippen LogP contribution is 2.69. The molecule has 0 spiro atoms. The molecular weight excluding hydrogens is 624 g/mol. The van der Waals surface area contributed by atoms with Gasteiger partial charge in [0.25, 0.3) is 0 Å². The number of fused-ring (bicyclic) bond motifs is 6. The van der Waals surface area contributed by atoms with Crippen LogP contribution in [0, 0.1) is 46.3 Å². The fourth-order valence-corrected chi connectivity index (χ4v) is 11.4. The van der Waals surface area contributed by atoms with Crippen LogP contribution < -0.4 is 16.4 Å². The Morgan fingerprint density at radius 3 is 2.58 bits per heavy atom. The quantitative estimate of drug-likeness (QED) is 0.166. The fraction of sp³-hybridized carbons (Fsp3) is 0.718. The van der Waals surface area contributed by atoms with Gasteiger partial charge in [0.1, 0.15) is 12.2 Å². The van der Waals surface area contributed by atoms with Crippen molar-refractivity contribution in [1.29, 1.82) is 0 Å². The first-order chi connectivity index (χ1) is 22.9. The second-order valence-corrected chi connectivity index (χ2v) is 16.5. The molecule has 4 N–H and O–H groups in total. The summed E-state index contributed by atoms with van der Waals surface area (Å²) in [5, 5.41) is 8.94. The van der Waals surface area contributed by atoms with Gasteiger partial charge in [0, 0.05) is 66.6 Å². The maximum Gasteiger partial charge on any atom is 0.302 e. The molecule has 0 saturated heterocycles. The molecule has 0 aliphatic heterocycles. The summed E-state index contributed by atoms with van der Waals surface area (Å²) in [7, 11) is 0. The molecule has 0 amide bonds. The average Bonchev–Trinajstić information content (AvgIpc) is 3.39. The average molecular weight is 681 g/mol. The molecule has 11 atom stereocenters. The maximum atomic E-state index is 12.6. The number of hydrogen-bond donors (Lipinski definition) is 3. The number of carbonyl (C=O) groups is 2. The van der Waals surface area contributed by atoms with Gasteiger partial charge in [-0.15, -0.1) is 0 Å². The Hall–Kier alpha value is -2.42. The molecule has 2 aromatic rings. The third-order valence-electron chi connectivity index (χ3n) is 13.5. The van der Waals surface area contributed by atoms with Crippen LogP contribution in [0.3, 0.4) is 0 Å². The Bertz CT molecular complexity index is 1470. The van der Waals surface area contributed by atoms with Crippen molar-refractivity contribution in [2.75, 3.05) is 25.0 Å². The van der Waals surface area contributed by atoms with Crippen LogP contribution in [-0.2, 0) is 19.1 Å². The number of pyridine rings is 1. The Morgan fingerprint density at radius 1 is 1.02 bits per heavy atom. The standard InChI is InChI=1S/C39H57ClN4O4/c1-23(7-6-15-42-17-18-44-33-13-16-43-34-21-27(40)8-9-29(33)34)30-10-11-31-37-32(22-36(39(30,31)5)48-25(3)46)38(4)14-12-28(41)19-26(38)20-35(37)47-24(2)45/h8-9,13,16,21,23,26,28,30-32,35-37,42H,6-7,10-12,14-15,17-20,22,41H2,1-5H3,(H,43,44)/t23?,26-,28+,30+,31?,32?,35+,36-,37?,38-,39+/m0/s1. The van der Waals surface area contributed by atoms with Crippen molar-refractivity contribution in [2.45, 2.75) is 111 Å². The molecule has 0 bridgehead atoms. The largest absolute Gasteiger partial charge is 0.462 e. The number of nitrogens with zero attached hydrogens (tertiary/aromatic N) is 1. The number of carbonyl (C=O) groups excluding carboxylic acids is 2. The van der Waals surface area contributed by atoms with Crippen LogP contribution in [0.4, 0.5) is 5.69 Å². The minimum Gasteiger partial charge on any atom is -0.462 e. The van der Waals surface area contributed by atoms with Gasteiger partial charge in [0.15, 0.2) is 0 Å². The predicted octanol–water partition coefficient (Wildman–Crippen LogP) is 7.38. The van der Waals surface area contributed by atoms with Crippen LogP contribution >= 0.6 is 11.6 Å². The van der Waals surface area contributed by atoms with Crippen LogP contribution in [-0.4, -0.2) is 54.8 Å². The molecule has 1 heterocycles. The van der Waals surface area contributed by atoms with E-state index < -0.39 is 0 Å². The molecule has 4 fully saturated rings. The third kappa shape index (κ3) is 6.83. The van der Waals surface area contributed by atoms with Crippen LogP contribution in [0.2, 0.25) is 5.02 Å². The van der Waals surface area contributed by atoms with Crippen LogP contribution in [0.15, 0.2) is 30.5 Å². The minimum absolute atomic E-state index is 0.0896. The van der Waals surface area contributed by atoms with E-state index in [1.54, 1.807) is 13.8 Å². The van der Waals surface area contributed by atoms with Crippen molar-refractivity contribution < 1.29 is 19.1 Å². The van der Waals surface area contributed by atoms with Gasteiger partial charge < -0.3 is 25.8 Å².